The van der Waals surface area contributed by atoms with Gasteiger partial charge >= 0.3 is 0 Å². The summed E-state index contributed by atoms with van der Waals surface area (Å²) in [4.78, 5) is 29.9. The number of para-hydroxylation sites is 2. The Bertz CT molecular complexity index is 1140. The Morgan fingerprint density at radius 1 is 1.10 bits per heavy atom. The highest BCUT2D eigenvalue weighted by atomic mass is 16.6. The number of anilines is 1. The maximum atomic E-state index is 13.0. The first-order valence-corrected chi connectivity index (χ1v) is 10.0. The molecule has 0 bridgehead atoms. The largest absolute Gasteiger partial charge is 0.485 e. The molecule has 7 nitrogen and oxygen atoms in total. The average Bonchev–Trinajstić information content (AvgIpc) is 3.60. The Morgan fingerprint density at radius 2 is 1.87 bits per heavy atom. The van der Waals surface area contributed by atoms with E-state index in [1.165, 1.54) is 0 Å². The molecule has 1 fully saturated rings. The van der Waals surface area contributed by atoms with Crippen molar-refractivity contribution in [1.82, 2.24) is 9.55 Å². The average molecular weight is 403 g/mol. The number of nitrogens with one attached hydrogen (secondary N) is 1. The molecule has 7 heteroatoms. The van der Waals surface area contributed by atoms with Gasteiger partial charge in [-0.25, -0.2) is 0 Å². The zero-order chi connectivity index (χ0) is 20.5. The Hall–Kier alpha value is -3.61. The molecule has 152 valence electrons. The number of carbonyl (C=O) groups excluding carboxylic acids is 1. The van der Waals surface area contributed by atoms with Crippen molar-refractivity contribution in [3.05, 3.63) is 71.4 Å². The summed E-state index contributed by atoms with van der Waals surface area (Å²) in [7, 11) is 0. The number of ether oxygens (including phenoxy) is 2. The van der Waals surface area contributed by atoms with Crippen LogP contribution in [0.3, 0.4) is 0 Å². The quantitative estimate of drug-likeness (QED) is 0.708. The molecule has 1 atom stereocenters. The normalized spacial score (nSPS) is 17.4. The topological polar surface area (TPSA) is 82.5 Å². The highest BCUT2D eigenvalue weighted by Gasteiger charge is 2.28. The van der Waals surface area contributed by atoms with E-state index in [4.69, 9.17) is 9.47 Å². The molecular formula is C23H21N3O4. The summed E-state index contributed by atoms with van der Waals surface area (Å²) in [5.74, 6) is 1.23. The van der Waals surface area contributed by atoms with Crippen molar-refractivity contribution in [3.63, 3.8) is 0 Å². The second-order valence-corrected chi connectivity index (χ2v) is 7.63. The molecule has 30 heavy (non-hydrogen) atoms. The van der Waals surface area contributed by atoms with Gasteiger partial charge in [0, 0.05) is 30.7 Å². The van der Waals surface area contributed by atoms with Crippen molar-refractivity contribution in [2.24, 2.45) is 5.92 Å². The first-order chi connectivity index (χ1) is 14.7. The lowest BCUT2D eigenvalue weighted by Gasteiger charge is -2.25. The summed E-state index contributed by atoms with van der Waals surface area (Å²) in [5.41, 5.74) is 1.79. The second kappa shape index (κ2) is 7.67. The first kappa shape index (κ1) is 18.4. The number of hydrogen-bond donors (Lipinski definition) is 1. The molecule has 0 saturated heterocycles. The van der Waals surface area contributed by atoms with Gasteiger partial charge < -0.3 is 19.4 Å². The monoisotopic (exact) mass is 403 g/mol. The lowest BCUT2D eigenvalue weighted by molar-refractivity contribution is -0.125. The maximum absolute atomic E-state index is 13.0. The van der Waals surface area contributed by atoms with Gasteiger partial charge in [-0.3, -0.25) is 14.6 Å². The summed E-state index contributed by atoms with van der Waals surface area (Å²) in [6.45, 7) is 0.736. The fourth-order valence-corrected chi connectivity index (χ4v) is 3.50. The SMILES string of the molecule is O=C(Nc1cc(-c2ccncc2)cn(CC2CC2)c1=O)[C@H]1COc2ccccc2O1. The Labute approximate surface area is 173 Å². The number of nitrogens with zero attached hydrogens (tertiary/aromatic N) is 2. The first-order valence-electron chi connectivity index (χ1n) is 10.0. The van der Waals surface area contributed by atoms with Gasteiger partial charge in [0.25, 0.3) is 11.5 Å². The summed E-state index contributed by atoms with van der Waals surface area (Å²) >= 11 is 0. The van der Waals surface area contributed by atoms with E-state index in [-0.39, 0.29) is 17.9 Å². The Kier molecular flexibility index (Phi) is 4.71. The maximum Gasteiger partial charge on any atom is 0.274 e. The van der Waals surface area contributed by atoms with Crippen molar-refractivity contribution in [3.8, 4) is 22.6 Å². The van der Waals surface area contributed by atoms with Gasteiger partial charge in [-0.15, -0.1) is 0 Å². The number of benzene rings is 1. The Balaban J connectivity index is 1.43. The molecule has 1 aromatic carbocycles. The van der Waals surface area contributed by atoms with Crippen LogP contribution in [-0.4, -0.2) is 28.2 Å². The van der Waals surface area contributed by atoms with Crippen molar-refractivity contribution in [1.29, 1.82) is 0 Å². The van der Waals surface area contributed by atoms with Crippen LogP contribution in [0, 0.1) is 5.92 Å². The fourth-order valence-electron chi connectivity index (χ4n) is 3.50. The number of amides is 1. The van der Waals surface area contributed by atoms with E-state index in [0.29, 0.717) is 24.0 Å². The molecule has 2 aromatic heterocycles. The standard InChI is InChI=1S/C23H21N3O4/c27-22(21-14-29-19-3-1-2-4-20(19)30-21)25-18-11-17(16-7-9-24-10-8-16)13-26(23(18)28)12-15-5-6-15/h1-4,7-11,13,15,21H,5-6,12,14H2,(H,25,27)/t21-/m1/s1. The molecule has 0 spiro atoms. The van der Waals surface area contributed by atoms with Gasteiger partial charge in [0.2, 0.25) is 6.10 Å². The van der Waals surface area contributed by atoms with Gasteiger partial charge in [-0.1, -0.05) is 12.1 Å². The van der Waals surface area contributed by atoms with Crippen LogP contribution in [0.15, 0.2) is 65.8 Å². The van der Waals surface area contributed by atoms with E-state index in [2.05, 4.69) is 10.3 Å². The zero-order valence-corrected chi connectivity index (χ0v) is 16.3. The van der Waals surface area contributed by atoms with E-state index < -0.39 is 12.0 Å². The smallest absolute Gasteiger partial charge is 0.274 e. The molecule has 1 aliphatic heterocycles. The number of pyridine rings is 2. The minimum absolute atomic E-state index is 0.0865. The summed E-state index contributed by atoms with van der Waals surface area (Å²) in [6.07, 6.45) is 6.67. The van der Waals surface area contributed by atoms with Crippen LogP contribution in [0.4, 0.5) is 5.69 Å². The van der Waals surface area contributed by atoms with Gasteiger partial charge in [-0.2, -0.15) is 0 Å². The molecule has 0 unspecified atom stereocenters. The molecule has 1 N–H and O–H groups in total. The molecule has 3 aromatic rings. The summed E-state index contributed by atoms with van der Waals surface area (Å²) in [6, 6.07) is 12.7. The van der Waals surface area contributed by atoms with Gasteiger partial charge in [-0.05, 0) is 54.7 Å². The van der Waals surface area contributed by atoms with E-state index in [1.54, 1.807) is 35.2 Å². The van der Waals surface area contributed by atoms with Gasteiger partial charge in [0.15, 0.2) is 11.5 Å². The highest BCUT2D eigenvalue weighted by molar-refractivity contribution is 5.95. The van der Waals surface area contributed by atoms with Crippen LogP contribution >= 0.6 is 0 Å². The number of hydrogen-bond acceptors (Lipinski definition) is 5. The molecule has 1 aliphatic carbocycles. The van der Waals surface area contributed by atoms with Crippen LogP contribution < -0.4 is 20.3 Å². The molecule has 5 rings (SSSR count). The Morgan fingerprint density at radius 3 is 2.63 bits per heavy atom. The number of aromatic nitrogens is 2. The van der Waals surface area contributed by atoms with Gasteiger partial charge in [0.05, 0.1) is 0 Å². The van der Waals surface area contributed by atoms with Crippen molar-refractivity contribution >= 4 is 11.6 Å². The number of rotatable bonds is 5. The molecule has 1 amide bonds. The highest BCUT2D eigenvalue weighted by Crippen LogP contribution is 2.32. The lowest BCUT2D eigenvalue weighted by Crippen LogP contribution is -2.41. The third-order valence-corrected chi connectivity index (χ3v) is 5.31. The van der Waals surface area contributed by atoms with E-state index in [9.17, 15) is 9.59 Å². The minimum Gasteiger partial charge on any atom is -0.485 e. The third kappa shape index (κ3) is 3.78. The molecular weight excluding hydrogens is 382 g/mol. The molecule has 2 aliphatic rings. The predicted molar refractivity (Wildman–Crippen MR) is 112 cm³/mol. The number of carbonyl (C=O) groups is 1. The van der Waals surface area contributed by atoms with Crippen LogP contribution in [0.2, 0.25) is 0 Å². The van der Waals surface area contributed by atoms with Crippen LogP contribution in [0.25, 0.3) is 11.1 Å². The lowest BCUT2D eigenvalue weighted by atomic mass is 10.1. The summed E-state index contributed by atoms with van der Waals surface area (Å²) in [5, 5.41) is 2.76. The van der Waals surface area contributed by atoms with E-state index in [0.717, 1.165) is 24.0 Å². The predicted octanol–water partition coefficient (Wildman–Crippen LogP) is 3.10. The van der Waals surface area contributed by atoms with Crippen molar-refractivity contribution < 1.29 is 14.3 Å². The van der Waals surface area contributed by atoms with Crippen LogP contribution in [-0.2, 0) is 11.3 Å². The van der Waals surface area contributed by atoms with Crippen molar-refractivity contribution in [2.45, 2.75) is 25.5 Å². The van der Waals surface area contributed by atoms with E-state index in [1.807, 2.05) is 30.5 Å². The number of fused-ring (bicyclic) bond motifs is 1. The van der Waals surface area contributed by atoms with Crippen molar-refractivity contribution in [2.75, 3.05) is 11.9 Å². The van der Waals surface area contributed by atoms with Crippen LogP contribution in [0.5, 0.6) is 11.5 Å². The summed E-state index contributed by atoms with van der Waals surface area (Å²) < 4.78 is 13.1. The second-order valence-electron chi connectivity index (χ2n) is 7.63. The fraction of sp³-hybridized carbons (Fsp3) is 0.261. The third-order valence-electron chi connectivity index (χ3n) is 5.31. The molecule has 1 saturated carbocycles. The molecule has 3 heterocycles. The minimum atomic E-state index is -0.833. The van der Waals surface area contributed by atoms with Crippen LogP contribution in [0.1, 0.15) is 12.8 Å². The van der Waals surface area contributed by atoms with E-state index >= 15 is 0 Å². The van der Waals surface area contributed by atoms with Gasteiger partial charge in [0.1, 0.15) is 12.3 Å². The zero-order valence-electron chi connectivity index (χ0n) is 16.3. The molecule has 0 radical (unpaired) electrons.